The quantitative estimate of drug-likeness (QED) is 0.108. The van der Waals surface area contributed by atoms with Gasteiger partial charge in [-0.3, -0.25) is 15.0 Å². The maximum absolute atomic E-state index is 15.0. The van der Waals surface area contributed by atoms with Crippen LogP contribution in [0.25, 0.3) is 78.3 Å². The molecule has 11 heteroatoms. The number of halogens is 8. The van der Waals surface area contributed by atoms with E-state index in [0.717, 1.165) is 102 Å². The SMILES string of the molecule is FC1(F)CCC(F)(F)c2cc(-c3ccc(CCc4cc(CCc5ccc(-c6ccc7c(c6)C(F)(F)CCC7(F)F)nc5)cc(-c5ccccc5-c5cnc(-c6ccccc6)cc5-c5ccc(-c6ccccc6)cc5)c4)cn3)ccc21. The normalized spacial score (nSPS) is 15.7. The second kappa shape index (κ2) is 20.9. The molecule has 0 saturated carbocycles. The maximum atomic E-state index is 15.0. The number of hydrogen-bond donors (Lipinski definition) is 0. The number of alkyl halides is 8. The lowest BCUT2D eigenvalue weighted by Crippen LogP contribution is -2.30. The predicted molar refractivity (Wildman–Crippen MR) is 300 cm³/mol. The highest BCUT2D eigenvalue weighted by Gasteiger charge is 2.50. The molecule has 7 aromatic carbocycles. The summed E-state index contributed by atoms with van der Waals surface area (Å²) in [4.78, 5) is 14.3. The molecule has 0 unspecified atom stereocenters. The van der Waals surface area contributed by atoms with E-state index in [4.69, 9.17) is 4.98 Å². The van der Waals surface area contributed by atoms with Gasteiger partial charge in [-0.15, -0.1) is 0 Å². The van der Waals surface area contributed by atoms with Gasteiger partial charge >= 0.3 is 0 Å². The number of hydrogen-bond acceptors (Lipinski definition) is 3. The minimum atomic E-state index is -3.37. The summed E-state index contributed by atoms with van der Waals surface area (Å²) in [6.45, 7) is 0. The maximum Gasteiger partial charge on any atom is 0.274 e. The Labute approximate surface area is 458 Å². The summed E-state index contributed by atoms with van der Waals surface area (Å²) in [7, 11) is 0. The van der Waals surface area contributed by atoms with Crippen molar-refractivity contribution < 1.29 is 35.1 Å². The smallest absolute Gasteiger partial charge is 0.256 e. The van der Waals surface area contributed by atoms with Crippen LogP contribution in [0, 0.1) is 0 Å². The van der Waals surface area contributed by atoms with Crippen LogP contribution in [0.2, 0.25) is 0 Å². The first kappa shape index (κ1) is 52.1. The van der Waals surface area contributed by atoms with Crippen molar-refractivity contribution in [3.05, 3.63) is 257 Å². The standard InChI is InChI=1S/C69H51F8N3/c70-66(71)31-33-68(74,75)61-38-52(25-27-59(61)66)63-29-19-44(41-78-63)15-17-46-35-47(18-16-45-20-30-64(79-42-45)53-26-28-60-62(39-53)69(76,77)34-32-67(60,72)73)37-54(36-46)55-13-7-8-14-56(55)58-43-80-65(51-11-5-2-6-12-51)40-57(58)50-23-21-49(22-24-50)48-9-3-1-4-10-48/h1-14,19-30,35-43H,15-18,31-34H2. The van der Waals surface area contributed by atoms with Crippen LogP contribution in [-0.2, 0) is 49.4 Å². The molecule has 0 saturated heterocycles. The fourth-order valence-electron chi connectivity index (χ4n) is 11.2. The molecule has 80 heavy (non-hydrogen) atoms. The number of pyridine rings is 3. The van der Waals surface area contributed by atoms with Crippen molar-refractivity contribution in [3.63, 3.8) is 0 Å². The summed E-state index contributed by atoms with van der Waals surface area (Å²) < 4.78 is 119. The van der Waals surface area contributed by atoms with Crippen molar-refractivity contribution in [2.24, 2.45) is 0 Å². The lowest BCUT2D eigenvalue weighted by molar-refractivity contribution is -0.0957. The molecule has 3 aromatic heterocycles. The van der Waals surface area contributed by atoms with Gasteiger partial charge in [-0.2, -0.15) is 0 Å². The van der Waals surface area contributed by atoms with Gasteiger partial charge in [-0.05, 0) is 117 Å². The summed E-state index contributed by atoms with van der Waals surface area (Å²) in [5.41, 5.74) is 12.7. The Kier molecular flexibility index (Phi) is 13.6. The lowest BCUT2D eigenvalue weighted by Gasteiger charge is -2.31. The lowest BCUT2D eigenvalue weighted by atomic mass is 9.84. The van der Waals surface area contributed by atoms with Gasteiger partial charge in [0.2, 0.25) is 0 Å². The molecule has 0 amide bonds. The van der Waals surface area contributed by atoms with Crippen molar-refractivity contribution in [3.8, 4) is 78.3 Å². The molecule has 0 atom stereocenters. The van der Waals surface area contributed by atoms with Crippen LogP contribution in [-0.4, -0.2) is 15.0 Å². The van der Waals surface area contributed by atoms with Crippen LogP contribution in [0.5, 0.6) is 0 Å². The molecule has 10 aromatic rings. The number of fused-ring (bicyclic) bond motifs is 2. The number of nitrogens with zero attached hydrogens (tertiary/aromatic N) is 3. The molecule has 3 heterocycles. The van der Waals surface area contributed by atoms with Gasteiger partial charge in [0, 0.05) is 88.8 Å². The summed E-state index contributed by atoms with van der Waals surface area (Å²) in [6, 6.07) is 60.5. The highest BCUT2D eigenvalue weighted by Crippen LogP contribution is 2.52. The van der Waals surface area contributed by atoms with Crippen molar-refractivity contribution in [2.45, 2.75) is 75.1 Å². The molecular formula is C69H51F8N3. The first-order valence-corrected chi connectivity index (χ1v) is 26.7. The molecule has 0 bridgehead atoms. The van der Waals surface area contributed by atoms with Crippen molar-refractivity contribution >= 4 is 0 Å². The van der Waals surface area contributed by atoms with Gasteiger partial charge in [-0.1, -0.05) is 164 Å². The first-order valence-electron chi connectivity index (χ1n) is 26.7. The summed E-state index contributed by atoms with van der Waals surface area (Å²) in [5.74, 6) is -13.4. The minimum absolute atomic E-state index is 0.335. The van der Waals surface area contributed by atoms with E-state index in [1.54, 1.807) is 24.5 Å². The molecule has 398 valence electrons. The van der Waals surface area contributed by atoms with Crippen LogP contribution in [0.4, 0.5) is 35.1 Å². The zero-order valence-electron chi connectivity index (χ0n) is 43.2. The van der Waals surface area contributed by atoms with Gasteiger partial charge in [0.15, 0.2) is 0 Å². The average molecular weight is 1070 g/mol. The number of rotatable bonds is 13. The number of aryl methyl sites for hydroxylation is 4. The second-order valence-electron chi connectivity index (χ2n) is 21.0. The molecule has 0 aliphatic heterocycles. The van der Waals surface area contributed by atoms with E-state index in [0.29, 0.717) is 48.2 Å². The van der Waals surface area contributed by atoms with E-state index in [-0.39, 0.29) is 0 Å². The molecular weight excluding hydrogens is 1020 g/mol. The van der Waals surface area contributed by atoms with Gasteiger partial charge in [-0.25, -0.2) is 35.1 Å². The fraction of sp³-hybridized carbons (Fsp3) is 0.174. The van der Waals surface area contributed by atoms with Gasteiger partial charge in [0.1, 0.15) is 0 Å². The minimum Gasteiger partial charge on any atom is -0.256 e. The van der Waals surface area contributed by atoms with Gasteiger partial charge < -0.3 is 0 Å². The Morgan fingerprint density at radius 3 is 1.18 bits per heavy atom. The molecule has 3 nitrogen and oxygen atoms in total. The van der Waals surface area contributed by atoms with E-state index in [2.05, 4.69) is 94.9 Å². The highest BCUT2D eigenvalue weighted by molar-refractivity contribution is 5.93. The number of benzene rings is 7. The first-order chi connectivity index (χ1) is 38.6. The summed E-state index contributed by atoms with van der Waals surface area (Å²) in [5, 5.41) is 0. The van der Waals surface area contributed by atoms with E-state index >= 15 is 0 Å². The molecule has 2 aliphatic carbocycles. The van der Waals surface area contributed by atoms with Crippen LogP contribution < -0.4 is 0 Å². The van der Waals surface area contributed by atoms with Gasteiger partial charge in [0.25, 0.3) is 23.7 Å². The monoisotopic (exact) mass is 1070 g/mol. The summed E-state index contributed by atoms with van der Waals surface area (Å²) >= 11 is 0. The Morgan fingerprint density at radius 2 is 0.675 bits per heavy atom. The number of aromatic nitrogens is 3. The molecule has 2 aliphatic rings. The van der Waals surface area contributed by atoms with Crippen molar-refractivity contribution in [1.82, 2.24) is 15.0 Å². The van der Waals surface area contributed by atoms with Crippen LogP contribution >= 0.6 is 0 Å². The Hall–Kier alpha value is -8.57. The average Bonchev–Trinajstić information content (AvgIpc) is 3.67. The third-order valence-corrected chi connectivity index (χ3v) is 15.6. The molecule has 12 rings (SSSR count). The zero-order chi connectivity index (χ0) is 55.2. The van der Waals surface area contributed by atoms with Crippen molar-refractivity contribution in [2.75, 3.05) is 0 Å². The zero-order valence-corrected chi connectivity index (χ0v) is 43.2. The van der Waals surface area contributed by atoms with Crippen LogP contribution in [0.3, 0.4) is 0 Å². The Bertz CT molecular complexity index is 3740. The molecule has 0 N–H and O–H groups in total. The van der Waals surface area contributed by atoms with Crippen LogP contribution in [0.15, 0.2) is 213 Å². The highest BCUT2D eigenvalue weighted by atomic mass is 19.3. The second-order valence-corrected chi connectivity index (χ2v) is 21.0. The largest absolute Gasteiger partial charge is 0.274 e. The Morgan fingerprint density at radius 1 is 0.263 bits per heavy atom. The third-order valence-electron chi connectivity index (χ3n) is 15.6. The van der Waals surface area contributed by atoms with Crippen LogP contribution in [0.1, 0.15) is 70.2 Å². The van der Waals surface area contributed by atoms with Gasteiger partial charge in [0.05, 0.1) is 17.1 Å². The molecule has 0 spiro atoms. The van der Waals surface area contributed by atoms with E-state index in [9.17, 15) is 35.1 Å². The summed E-state index contributed by atoms with van der Waals surface area (Å²) in [6.07, 6.45) is 4.06. The van der Waals surface area contributed by atoms with E-state index in [1.165, 1.54) is 12.1 Å². The molecule has 0 radical (unpaired) electrons. The fourth-order valence-corrected chi connectivity index (χ4v) is 11.2. The van der Waals surface area contributed by atoms with E-state index < -0.39 is 71.6 Å². The third kappa shape index (κ3) is 10.6. The van der Waals surface area contributed by atoms with E-state index in [1.807, 2.05) is 66.9 Å². The predicted octanol–water partition coefficient (Wildman–Crippen LogP) is 19.1. The molecule has 0 fully saturated rings. The van der Waals surface area contributed by atoms with Crippen molar-refractivity contribution in [1.29, 1.82) is 0 Å². The Balaban J connectivity index is 0.874. The topological polar surface area (TPSA) is 38.7 Å².